The molecule has 0 aromatic carbocycles. The van der Waals surface area contributed by atoms with Crippen LogP contribution < -0.4 is 5.32 Å². The third kappa shape index (κ3) is 1.91. The number of hydrogen-bond donors (Lipinski definition) is 1. The van der Waals surface area contributed by atoms with Gasteiger partial charge in [0, 0.05) is 25.2 Å². The van der Waals surface area contributed by atoms with Crippen molar-refractivity contribution in [1.82, 2.24) is 10.2 Å². The van der Waals surface area contributed by atoms with Gasteiger partial charge in [0.25, 0.3) is 6.43 Å². The molecule has 2 nitrogen and oxygen atoms in total. The number of rotatable bonds is 3. The van der Waals surface area contributed by atoms with E-state index < -0.39 is 6.43 Å². The van der Waals surface area contributed by atoms with E-state index in [1.165, 1.54) is 12.8 Å². The van der Waals surface area contributed by atoms with Crippen LogP contribution in [-0.4, -0.2) is 43.0 Å². The van der Waals surface area contributed by atoms with Gasteiger partial charge >= 0.3 is 0 Å². The summed E-state index contributed by atoms with van der Waals surface area (Å²) in [4.78, 5) is 1.98. The first kappa shape index (κ1) is 10.3. The van der Waals surface area contributed by atoms with Gasteiger partial charge in [0.05, 0.1) is 6.54 Å². The normalized spacial score (nSPS) is 35.1. The third-order valence-electron chi connectivity index (χ3n) is 3.58. The molecule has 1 N–H and O–H groups in total. The lowest BCUT2D eigenvalue weighted by Crippen LogP contribution is -2.61. The van der Waals surface area contributed by atoms with E-state index in [4.69, 9.17) is 0 Å². The summed E-state index contributed by atoms with van der Waals surface area (Å²) < 4.78 is 24.8. The lowest BCUT2D eigenvalue weighted by molar-refractivity contribution is 0.000579. The Balaban J connectivity index is 2.02. The van der Waals surface area contributed by atoms with Gasteiger partial charge in [0.15, 0.2) is 0 Å². The van der Waals surface area contributed by atoms with E-state index in [-0.39, 0.29) is 12.1 Å². The molecular weight excluding hydrogens is 186 g/mol. The molecule has 0 radical (unpaired) electrons. The molecular formula is C10H18F2N2. The van der Waals surface area contributed by atoms with Gasteiger partial charge in [-0.2, -0.15) is 0 Å². The van der Waals surface area contributed by atoms with Crippen LogP contribution in [-0.2, 0) is 0 Å². The van der Waals surface area contributed by atoms with Crippen molar-refractivity contribution in [3.8, 4) is 0 Å². The topological polar surface area (TPSA) is 15.3 Å². The van der Waals surface area contributed by atoms with Crippen LogP contribution in [0, 0.1) is 5.92 Å². The Morgan fingerprint density at radius 1 is 1.50 bits per heavy atom. The number of alkyl halides is 2. The monoisotopic (exact) mass is 204 g/mol. The van der Waals surface area contributed by atoms with Gasteiger partial charge in [-0.05, 0) is 25.7 Å². The van der Waals surface area contributed by atoms with E-state index in [0.717, 1.165) is 19.6 Å². The minimum atomic E-state index is -2.20. The van der Waals surface area contributed by atoms with Gasteiger partial charge < -0.3 is 5.32 Å². The average molecular weight is 204 g/mol. The minimum Gasteiger partial charge on any atom is -0.314 e. The molecule has 0 bridgehead atoms. The van der Waals surface area contributed by atoms with Crippen molar-refractivity contribution in [2.75, 3.05) is 26.2 Å². The summed E-state index contributed by atoms with van der Waals surface area (Å²) in [5, 5.41) is 3.31. The summed E-state index contributed by atoms with van der Waals surface area (Å²) in [5.74, 6) is 0.633. The van der Waals surface area contributed by atoms with E-state index in [9.17, 15) is 8.78 Å². The SMILES string of the molecule is CC1(C2CC2)CNCCN1CC(F)F. The maximum absolute atomic E-state index is 12.4. The second-order valence-corrected chi connectivity index (χ2v) is 4.65. The van der Waals surface area contributed by atoms with Crippen molar-refractivity contribution in [1.29, 1.82) is 0 Å². The first-order valence-electron chi connectivity index (χ1n) is 5.37. The molecule has 2 rings (SSSR count). The Bertz CT molecular complexity index is 206. The van der Waals surface area contributed by atoms with Crippen LogP contribution in [0.4, 0.5) is 8.78 Å². The van der Waals surface area contributed by atoms with Crippen molar-refractivity contribution < 1.29 is 8.78 Å². The molecule has 1 saturated heterocycles. The van der Waals surface area contributed by atoms with Gasteiger partial charge in [0.2, 0.25) is 0 Å². The smallest absolute Gasteiger partial charge is 0.251 e. The van der Waals surface area contributed by atoms with E-state index in [1.54, 1.807) is 0 Å². The molecule has 0 amide bonds. The predicted octanol–water partition coefficient (Wildman–Crippen LogP) is 1.33. The highest BCUT2D eigenvalue weighted by atomic mass is 19.3. The maximum atomic E-state index is 12.4. The number of piperazine rings is 1. The van der Waals surface area contributed by atoms with Gasteiger partial charge in [0.1, 0.15) is 0 Å². The first-order valence-corrected chi connectivity index (χ1v) is 5.37. The van der Waals surface area contributed by atoms with Crippen LogP contribution in [0.5, 0.6) is 0 Å². The Morgan fingerprint density at radius 3 is 2.79 bits per heavy atom. The Kier molecular flexibility index (Phi) is 2.75. The Morgan fingerprint density at radius 2 is 2.21 bits per heavy atom. The van der Waals surface area contributed by atoms with E-state index >= 15 is 0 Å². The summed E-state index contributed by atoms with van der Waals surface area (Å²) >= 11 is 0. The second kappa shape index (κ2) is 3.74. The van der Waals surface area contributed by atoms with E-state index in [1.807, 2.05) is 4.90 Å². The van der Waals surface area contributed by atoms with Crippen LogP contribution in [0.2, 0.25) is 0 Å². The summed E-state index contributed by atoms with van der Waals surface area (Å²) in [6, 6.07) is 0. The molecule has 1 atom stereocenters. The molecule has 2 fully saturated rings. The zero-order valence-electron chi connectivity index (χ0n) is 8.60. The van der Waals surface area contributed by atoms with E-state index in [0.29, 0.717) is 5.92 Å². The number of halogens is 2. The molecule has 0 spiro atoms. The minimum absolute atomic E-state index is 0.0192. The quantitative estimate of drug-likeness (QED) is 0.746. The Hall–Kier alpha value is -0.220. The van der Waals surface area contributed by atoms with Crippen molar-refractivity contribution >= 4 is 0 Å². The molecule has 1 heterocycles. The molecule has 82 valence electrons. The number of nitrogens with one attached hydrogen (secondary N) is 1. The first-order chi connectivity index (χ1) is 6.63. The lowest BCUT2D eigenvalue weighted by Gasteiger charge is -2.45. The van der Waals surface area contributed by atoms with Crippen LogP contribution >= 0.6 is 0 Å². The summed E-state index contributed by atoms with van der Waals surface area (Å²) in [7, 11) is 0. The molecule has 14 heavy (non-hydrogen) atoms. The zero-order valence-corrected chi connectivity index (χ0v) is 8.60. The predicted molar refractivity (Wildman–Crippen MR) is 51.6 cm³/mol. The third-order valence-corrected chi connectivity index (χ3v) is 3.58. The standard InChI is InChI=1S/C10H18F2N2/c1-10(8-2-3-8)7-13-4-5-14(10)6-9(11)12/h8-9,13H,2-7H2,1H3. The zero-order chi connectivity index (χ0) is 10.2. The highest BCUT2D eigenvalue weighted by molar-refractivity contribution is 5.03. The van der Waals surface area contributed by atoms with Crippen LogP contribution in [0.3, 0.4) is 0 Å². The molecule has 0 aromatic rings. The Labute approximate surface area is 83.7 Å². The second-order valence-electron chi connectivity index (χ2n) is 4.65. The van der Waals surface area contributed by atoms with Gasteiger partial charge in [-0.1, -0.05) is 0 Å². The summed E-state index contributed by atoms with van der Waals surface area (Å²) in [5.41, 5.74) is -0.0192. The molecule has 2 aliphatic rings. The molecule has 1 aliphatic carbocycles. The van der Waals surface area contributed by atoms with Crippen LogP contribution in [0.25, 0.3) is 0 Å². The molecule has 4 heteroatoms. The largest absolute Gasteiger partial charge is 0.314 e. The fourth-order valence-electron chi connectivity index (χ4n) is 2.50. The highest BCUT2D eigenvalue weighted by Crippen LogP contribution is 2.43. The molecule has 1 saturated carbocycles. The average Bonchev–Trinajstić information content (AvgIpc) is 2.91. The van der Waals surface area contributed by atoms with E-state index in [2.05, 4.69) is 12.2 Å². The summed E-state index contributed by atoms with van der Waals surface area (Å²) in [6.07, 6.45) is 0.210. The molecule has 0 aromatic heterocycles. The number of nitrogens with zero attached hydrogens (tertiary/aromatic N) is 1. The highest BCUT2D eigenvalue weighted by Gasteiger charge is 2.47. The fourth-order valence-corrected chi connectivity index (χ4v) is 2.50. The van der Waals surface area contributed by atoms with Gasteiger partial charge in [-0.3, -0.25) is 4.90 Å². The lowest BCUT2D eigenvalue weighted by atomic mass is 9.91. The van der Waals surface area contributed by atoms with Crippen LogP contribution in [0.15, 0.2) is 0 Å². The van der Waals surface area contributed by atoms with Gasteiger partial charge in [-0.25, -0.2) is 8.78 Å². The summed E-state index contributed by atoms with van der Waals surface area (Å²) in [6.45, 7) is 4.53. The fraction of sp³-hybridized carbons (Fsp3) is 1.00. The molecule has 1 aliphatic heterocycles. The maximum Gasteiger partial charge on any atom is 0.251 e. The van der Waals surface area contributed by atoms with Crippen molar-refractivity contribution in [3.05, 3.63) is 0 Å². The van der Waals surface area contributed by atoms with Crippen molar-refractivity contribution in [2.45, 2.75) is 31.7 Å². The van der Waals surface area contributed by atoms with Crippen molar-refractivity contribution in [3.63, 3.8) is 0 Å². The van der Waals surface area contributed by atoms with Crippen LogP contribution in [0.1, 0.15) is 19.8 Å². The molecule has 1 unspecified atom stereocenters. The number of hydrogen-bond acceptors (Lipinski definition) is 2. The van der Waals surface area contributed by atoms with Gasteiger partial charge in [-0.15, -0.1) is 0 Å². The van der Waals surface area contributed by atoms with Crippen molar-refractivity contribution in [2.24, 2.45) is 5.92 Å².